The van der Waals surface area contributed by atoms with Crippen molar-refractivity contribution < 1.29 is 9.90 Å². The first-order valence-electron chi connectivity index (χ1n) is 6.82. The van der Waals surface area contributed by atoms with Crippen LogP contribution in [0, 0.1) is 0 Å². The normalized spacial score (nSPS) is 17.3. The van der Waals surface area contributed by atoms with Crippen LogP contribution in [0.3, 0.4) is 0 Å². The summed E-state index contributed by atoms with van der Waals surface area (Å²) in [6, 6.07) is 4.95. The second-order valence-corrected chi connectivity index (χ2v) is 6.55. The lowest BCUT2D eigenvalue weighted by Crippen LogP contribution is -2.53. The van der Waals surface area contributed by atoms with Gasteiger partial charge in [0.15, 0.2) is 0 Å². The zero-order valence-electron chi connectivity index (χ0n) is 12.2. The van der Waals surface area contributed by atoms with Crippen molar-refractivity contribution in [3.8, 4) is 0 Å². The lowest BCUT2D eigenvalue weighted by Gasteiger charge is -2.43. The summed E-state index contributed by atoms with van der Waals surface area (Å²) in [4.78, 5) is 15.8. The monoisotopic (exact) mass is 296 g/mol. The highest BCUT2D eigenvalue weighted by molar-refractivity contribution is 6.31. The molecule has 0 bridgehead atoms. The van der Waals surface area contributed by atoms with Crippen LogP contribution < -0.4 is 4.90 Å². The summed E-state index contributed by atoms with van der Waals surface area (Å²) in [5.41, 5.74) is 1.19. The molecule has 110 valence electrons. The van der Waals surface area contributed by atoms with Crippen molar-refractivity contribution in [3.63, 3.8) is 0 Å². The minimum absolute atomic E-state index is 0.149. The van der Waals surface area contributed by atoms with Crippen LogP contribution in [0.25, 0.3) is 0 Å². The number of carboxylic acids is 1. The topological polar surface area (TPSA) is 43.8 Å². The van der Waals surface area contributed by atoms with Crippen LogP contribution in [0.4, 0.5) is 5.69 Å². The van der Waals surface area contributed by atoms with Crippen LogP contribution in [0.15, 0.2) is 18.2 Å². The first kappa shape index (κ1) is 15.1. The fourth-order valence-electron chi connectivity index (χ4n) is 2.57. The molecular formula is C15H21ClN2O2. The van der Waals surface area contributed by atoms with Gasteiger partial charge in [0.1, 0.15) is 0 Å². The molecule has 1 N–H and O–H groups in total. The van der Waals surface area contributed by atoms with E-state index in [1.54, 1.807) is 18.2 Å². The van der Waals surface area contributed by atoms with E-state index < -0.39 is 5.97 Å². The third kappa shape index (κ3) is 3.25. The van der Waals surface area contributed by atoms with Crippen molar-refractivity contribution >= 4 is 23.3 Å². The van der Waals surface area contributed by atoms with Gasteiger partial charge in [0.25, 0.3) is 0 Å². The molecule has 0 unspecified atom stereocenters. The van der Waals surface area contributed by atoms with Crippen LogP contribution in [0.2, 0.25) is 5.02 Å². The van der Waals surface area contributed by atoms with Gasteiger partial charge in [-0.15, -0.1) is 0 Å². The largest absolute Gasteiger partial charge is 0.478 e. The number of nitrogens with zero attached hydrogens (tertiary/aromatic N) is 2. The molecular weight excluding hydrogens is 276 g/mol. The smallest absolute Gasteiger partial charge is 0.337 e. The van der Waals surface area contributed by atoms with Gasteiger partial charge in [-0.3, -0.25) is 4.90 Å². The highest BCUT2D eigenvalue weighted by atomic mass is 35.5. The molecule has 1 heterocycles. The van der Waals surface area contributed by atoms with E-state index in [-0.39, 0.29) is 5.54 Å². The van der Waals surface area contributed by atoms with E-state index in [4.69, 9.17) is 11.6 Å². The Morgan fingerprint density at radius 3 is 2.30 bits per heavy atom. The zero-order valence-corrected chi connectivity index (χ0v) is 12.9. The molecule has 1 fully saturated rings. The fraction of sp³-hybridized carbons (Fsp3) is 0.533. The number of hydrogen-bond donors (Lipinski definition) is 1. The molecule has 20 heavy (non-hydrogen) atoms. The summed E-state index contributed by atoms with van der Waals surface area (Å²) in [6.45, 7) is 10.1. The maximum absolute atomic E-state index is 11.3. The molecule has 1 aliphatic heterocycles. The van der Waals surface area contributed by atoms with Gasteiger partial charge in [-0.1, -0.05) is 11.6 Å². The maximum Gasteiger partial charge on any atom is 0.337 e. The Balaban J connectivity index is 2.18. The summed E-state index contributed by atoms with van der Waals surface area (Å²) in [5, 5.41) is 9.86. The standard InChI is InChI=1S/C15H21ClN2O2/c1-15(2,3)18-8-6-17(7-9-18)13-10-11(16)4-5-12(13)14(19)20/h4-5,10H,6-9H2,1-3H3,(H,19,20). The molecule has 0 aliphatic carbocycles. The number of carboxylic acid groups (broad SMARTS) is 1. The maximum atomic E-state index is 11.3. The van der Waals surface area contributed by atoms with Gasteiger partial charge in [-0.2, -0.15) is 0 Å². The summed E-state index contributed by atoms with van der Waals surface area (Å²) in [7, 11) is 0. The molecule has 4 nitrogen and oxygen atoms in total. The van der Waals surface area contributed by atoms with Crippen LogP contribution in [0.5, 0.6) is 0 Å². The lowest BCUT2D eigenvalue weighted by atomic mass is 10.0. The Morgan fingerprint density at radius 1 is 1.20 bits per heavy atom. The van der Waals surface area contributed by atoms with Crippen molar-refractivity contribution in [1.29, 1.82) is 0 Å². The first-order valence-corrected chi connectivity index (χ1v) is 7.19. The molecule has 0 amide bonds. The van der Waals surface area contributed by atoms with E-state index in [1.165, 1.54) is 0 Å². The average Bonchev–Trinajstić information content (AvgIpc) is 2.37. The summed E-state index contributed by atoms with van der Waals surface area (Å²) < 4.78 is 0. The SMILES string of the molecule is CC(C)(C)N1CCN(c2cc(Cl)ccc2C(=O)O)CC1. The van der Waals surface area contributed by atoms with Crippen molar-refractivity contribution in [1.82, 2.24) is 4.90 Å². The fourth-order valence-corrected chi connectivity index (χ4v) is 2.73. The number of rotatable bonds is 2. The van der Waals surface area contributed by atoms with Gasteiger partial charge in [-0.05, 0) is 39.0 Å². The van der Waals surface area contributed by atoms with Gasteiger partial charge in [-0.25, -0.2) is 4.79 Å². The number of benzene rings is 1. The van der Waals surface area contributed by atoms with Crippen LogP contribution in [0.1, 0.15) is 31.1 Å². The van der Waals surface area contributed by atoms with E-state index >= 15 is 0 Å². The molecule has 0 radical (unpaired) electrons. The molecule has 1 aromatic rings. The summed E-state index contributed by atoms with van der Waals surface area (Å²) in [5.74, 6) is -0.907. The molecule has 0 aromatic heterocycles. The van der Waals surface area contributed by atoms with E-state index in [9.17, 15) is 9.90 Å². The second kappa shape index (κ2) is 5.62. The van der Waals surface area contributed by atoms with Gasteiger partial charge in [0, 0.05) is 36.7 Å². The molecule has 5 heteroatoms. The highest BCUT2D eigenvalue weighted by Crippen LogP contribution is 2.27. The lowest BCUT2D eigenvalue weighted by molar-refractivity contribution is 0.0696. The van der Waals surface area contributed by atoms with Crippen molar-refractivity contribution in [2.24, 2.45) is 0 Å². The van der Waals surface area contributed by atoms with E-state index in [2.05, 4.69) is 30.6 Å². The predicted molar refractivity (Wildman–Crippen MR) is 82.0 cm³/mol. The molecule has 1 saturated heterocycles. The number of carbonyl (C=O) groups is 1. The van der Waals surface area contributed by atoms with E-state index in [0.29, 0.717) is 10.6 Å². The Morgan fingerprint density at radius 2 is 1.80 bits per heavy atom. The van der Waals surface area contributed by atoms with E-state index in [1.807, 2.05) is 0 Å². The number of aromatic carboxylic acids is 1. The van der Waals surface area contributed by atoms with Gasteiger partial charge >= 0.3 is 5.97 Å². The van der Waals surface area contributed by atoms with Crippen molar-refractivity contribution in [3.05, 3.63) is 28.8 Å². The minimum Gasteiger partial charge on any atom is -0.478 e. The van der Waals surface area contributed by atoms with Gasteiger partial charge in [0.05, 0.1) is 11.3 Å². The van der Waals surface area contributed by atoms with Crippen molar-refractivity contribution in [2.45, 2.75) is 26.3 Å². The van der Waals surface area contributed by atoms with Crippen LogP contribution in [-0.4, -0.2) is 47.7 Å². The molecule has 0 saturated carbocycles. The number of piperazine rings is 1. The quantitative estimate of drug-likeness (QED) is 0.911. The average molecular weight is 297 g/mol. The Bertz CT molecular complexity index is 503. The minimum atomic E-state index is -0.907. The third-order valence-electron chi connectivity index (χ3n) is 3.76. The second-order valence-electron chi connectivity index (χ2n) is 6.11. The van der Waals surface area contributed by atoms with Crippen LogP contribution >= 0.6 is 11.6 Å². The first-order chi connectivity index (χ1) is 9.29. The Labute approximate surface area is 124 Å². The molecule has 1 aliphatic rings. The van der Waals surface area contributed by atoms with Crippen LogP contribution in [-0.2, 0) is 0 Å². The van der Waals surface area contributed by atoms with Gasteiger partial charge in [0.2, 0.25) is 0 Å². The van der Waals surface area contributed by atoms with Crippen molar-refractivity contribution in [2.75, 3.05) is 31.1 Å². The number of halogens is 1. The Hall–Kier alpha value is -1.26. The Kier molecular flexibility index (Phi) is 4.25. The predicted octanol–water partition coefficient (Wildman–Crippen LogP) is 2.96. The number of hydrogen-bond acceptors (Lipinski definition) is 3. The molecule has 1 aromatic carbocycles. The van der Waals surface area contributed by atoms with Gasteiger partial charge < -0.3 is 10.0 Å². The number of anilines is 1. The summed E-state index contributed by atoms with van der Waals surface area (Å²) >= 11 is 6.01. The third-order valence-corrected chi connectivity index (χ3v) is 3.99. The molecule has 2 rings (SSSR count). The summed E-state index contributed by atoms with van der Waals surface area (Å²) in [6.07, 6.45) is 0. The molecule has 0 spiro atoms. The zero-order chi connectivity index (χ0) is 14.9. The highest BCUT2D eigenvalue weighted by Gasteiger charge is 2.27. The van der Waals surface area contributed by atoms with E-state index in [0.717, 1.165) is 31.9 Å². The molecule has 0 atom stereocenters.